The van der Waals surface area contributed by atoms with Gasteiger partial charge in [0.1, 0.15) is 6.34 Å². The molecule has 0 heterocycles. The molecule has 8 heavy (non-hydrogen) atoms. The predicted molar refractivity (Wildman–Crippen MR) is 35.3 cm³/mol. The van der Waals surface area contributed by atoms with E-state index in [9.17, 15) is 0 Å². The van der Waals surface area contributed by atoms with E-state index in [1.54, 1.807) is 5.01 Å². The van der Waals surface area contributed by atoms with Crippen LogP contribution in [0.1, 0.15) is 6.92 Å². The second kappa shape index (κ2) is 4.18. The van der Waals surface area contributed by atoms with Gasteiger partial charge in [-0.3, -0.25) is 5.01 Å². The zero-order valence-corrected chi connectivity index (χ0v) is 5.20. The molecule has 0 atom stereocenters. The van der Waals surface area contributed by atoms with E-state index in [2.05, 4.69) is 5.10 Å². The summed E-state index contributed by atoms with van der Waals surface area (Å²) in [6.07, 6.45) is 4.94. The zero-order valence-electron chi connectivity index (χ0n) is 5.20. The topological polar surface area (TPSA) is 41.6 Å². The first-order valence-corrected chi connectivity index (χ1v) is 2.41. The van der Waals surface area contributed by atoms with Gasteiger partial charge in [-0.1, -0.05) is 6.08 Å². The minimum absolute atomic E-state index is 1.25. The van der Waals surface area contributed by atoms with Crippen LogP contribution in [0.25, 0.3) is 0 Å². The lowest BCUT2D eigenvalue weighted by Crippen LogP contribution is -2.03. The maximum Gasteiger partial charge on any atom is 0.106 e. The Morgan fingerprint density at radius 2 is 2.25 bits per heavy atom. The molecule has 0 aromatic carbocycles. The fraction of sp³-hybridized carbons (Fsp3) is 0.400. The number of nitrogens with zero attached hydrogens (tertiary/aromatic N) is 2. The van der Waals surface area contributed by atoms with Crippen molar-refractivity contribution < 1.29 is 0 Å². The molecule has 0 aliphatic carbocycles. The maximum absolute atomic E-state index is 4.99. The molecular formula is C5H11N3. The highest BCUT2D eigenvalue weighted by molar-refractivity contribution is 5.50. The van der Waals surface area contributed by atoms with E-state index >= 15 is 0 Å². The van der Waals surface area contributed by atoms with Gasteiger partial charge in [-0.15, -0.1) is 0 Å². The Morgan fingerprint density at radius 1 is 1.62 bits per heavy atom. The number of hydrogen-bond acceptors (Lipinski definition) is 2. The van der Waals surface area contributed by atoms with Crippen molar-refractivity contribution in [3.63, 3.8) is 0 Å². The van der Waals surface area contributed by atoms with Crippen LogP contribution >= 0.6 is 0 Å². The van der Waals surface area contributed by atoms with Crippen LogP contribution in [0, 0.1) is 0 Å². The molecule has 0 unspecified atom stereocenters. The molecule has 0 aromatic heterocycles. The van der Waals surface area contributed by atoms with Crippen molar-refractivity contribution in [3.05, 3.63) is 12.3 Å². The molecule has 0 saturated heterocycles. The summed E-state index contributed by atoms with van der Waals surface area (Å²) < 4.78 is 0. The van der Waals surface area contributed by atoms with Crippen molar-refractivity contribution in [1.29, 1.82) is 0 Å². The lowest BCUT2D eigenvalue weighted by atomic mass is 10.7. The van der Waals surface area contributed by atoms with Crippen molar-refractivity contribution in [3.8, 4) is 0 Å². The number of nitrogens with two attached hydrogens (primary N) is 1. The average molecular weight is 113 g/mol. The molecule has 2 N–H and O–H groups in total. The zero-order chi connectivity index (χ0) is 6.41. The summed E-state index contributed by atoms with van der Waals surface area (Å²) in [5.41, 5.74) is 4.99. The highest BCUT2D eigenvalue weighted by Crippen LogP contribution is 1.80. The van der Waals surface area contributed by atoms with Crippen LogP contribution in [-0.4, -0.2) is 18.4 Å². The van der Waals surface area contributed by atoms with Gasteiger partial charge in [0.05, 0.1) is 0 Å². The van der Waals surface area contributed by atoms with Crippen molar-refractivity contribution >= 4 is 6.34 Å². The smallest absolute Gasteiger partial charge is 0.106 e. The standard InChI is InChI=1S/C5H11N3/c1-3-4-8(2)7-5-6/h3-5H,1-2H3,(H2,6,7)/b4-3-. The van der Waals surface area contributed by atoms with Crippen LogP contribution in [0.3, 0.4) is 0 Å². The number of hydrogen-bond donors (Lipinski definition) is 1. The second-order valence-corrected chi connectivity index (χ2v) is 1.32. The number of rotatable bonds is 2. The molecule has 0 aliphatic rings. The third-order valence-corrected chi connectivity index (χ3v) is 0.614. The van der Waals surface area contributed by atoms with Gasteiger partial charge in [-0.05, 0) is 6.92 Å². The van der Waals surface area contributed by atoms with Crippen molar-refractivity contribution in [2.75, 3.05) is 7.05 Å². The van der Waals surface area contributed by atoms with Gasteiger partial charge in [-0.2, -0.15) is 5.10 Å². The van der Waals surface area contributed by atoms with Gasteiger partial charge in [0, 0.05) is 13.2 Å². The Labute approximate surface area is 49.5 Å². The molecule has 0 aromatic rings. The minimum atomic E-state index is 1.25. The van der Waals surface area contributed by atoms with Crippen LogP contribution < -0.4 is 5.73 Å². The third kappa shape index (κ3) is 3.21. The summed E-state index contributed by atoms with van der Waals surface area (Å²) in [6, 6.07) is 0. The van der Waals surface area contributed by atoms with Gasteiger partial charge in [0.15, 0.2) is 0 Å². The van der Waals surface area contributed by atoms with Gasteiger partial charge >= 0.3 is 0 Å². The first-order valence-electron chi connectivity index (χ1n) is 2.41. The molecule has 0 spiro atoms. The van der Waals surface area contributed by atoms with E-state index in [0.717, 1.165) is 0 Å². The van der Waals surface area contributed by atoms with Crippen molar-refractivity contribution in [1.82, 2.24) is 5.01 Å². The van der Waals surface area contributed by atoms with E-state index in [1.165, 1.54) is 6.34 Å². The van der Waals surface area contributed by atoms with Crippen LogP contribution in [0.15, 0.2) is 17.4 Å². The van der Waals surface area contributed by atoms with Gasteiger partial charge in [-0.25, -0.2) is 0 Å². The van der Waals surface area contributed by atoms with Gasteiger partial charge < -0.3 is 5.73 Å². The molecule has 0 rings (SSSR count). The number of hydrazone groups is 1. The molecular weight excluding hydrogens is 102 g/mol. The van der Waals surface area contributed by atoms with E-state index in [0.29, 0.717) is 0 Å². The Morgan fingerprint density at radius 3 is 2.62 bits per heavy atom. The van der Waals surface area contributed by atoms with Crippen molar-refractivity contribution in [2.45, 2.75) is 6.92 Å². The Hall–Kier alpha value is -0.990. The minimum Gasteiger partial charge on any atom is -0.388 e. The Kier molecular flexibility index (Phi) is 3.66. The van der Waals surface area contributed by atoms with Gasteiger partial charge in [0.25, 0.3) is 0 Å². The summed E-state index contributed by atoms with van der Waals surface area (Å²) in [7, 11) is 1.81. The predicted octanol–water partition coefficient (Wildman–Crippen LogP) is 0.354. The highest BCUT2D eigenvalue weighted by Gasteiger charge is 1.75. The fourth-order valence-electron chi connectivity index (χ4n) is 0.359. The SMILES string of the molecule is C/C=C\N(C)/N=C\N. The quantitative estimate of drug-likeness (QED) is 0.319. The van der Waals surface area contributed by atoms with E-state index in [-0.39, 0.29) is 0 Å². The monoisotopic (exact) mass is 113 g/mol. The molecule has 0 fully saturated rings. The van der Waals surface area contributed by atoms with E-state index in [4.69, 9.17) is 5.73 Å². The summed E-state index contributed by atoms with van der Waals surface area (Å²) >= 11 is 0. The maximum atomic E-state index is 4.99. The molecule has 0 bridgehead atoms. The molecule has 0 amide bonds. The number of allylic oxidation sites excluding steroid dienone is 1. The highest BCUT2D eigenvalue weighted by atomic mass is 15.4. The van der Waals surface area contributed by atoms with Crippen molar-refractivity contribution in [2.24, 2.45) is 10.8 Å². The van der Waals surface area contributed by atoms with E-state index < -0.39 is 0 Å². The summed E-state index contributed by atoms with van der Waals surface area (Å²) in [5, 5.41) is 5.34. The first-order chi connectivity index (χ1) is 3.81. The lowest BCUT2D eigenvalue weighted by Gasteiger charge is -2.01. The molecule has 0 radical (unpaired) electrons. The average Bonchev–Trinajstić information content (AvgIpc) is 1.68. The largest absolute Gasteiger partial charge is 0.388 e. The molecule has 0 saturated carbocycles. The van der Waals surface area contributed by atoms with Gasteiger partial charge in [0.2, 0.25) is 0 Å². The van der Waals surface area contributed by atoms with Crippen LogP contribution in [0.2, 0.25) is 0 Å². The molecule has 3 heteroatoms. The lowest BCUT2D eigenvalue weighted by molar-refractivity contribution is 0.491. The fourth-order valence-corrected chi connectivity index (χ4v) is 0.359. The van der Waals surface area contributed by atoms with E-state index in [1.807, 2.05) is 26.2 Å². The van der Waals surface area contributed by atoms with Crippen LogP contribution in [0.5, 0.6) is 0 Å². The normalized spacial score (nSPS) is 11.2. The van der Waals surface area contributed by atoms with Crippen LogP contribution in [-0.2, 0) is 0 Å². The third-order valence-electron chi connectivity index (χ3n) is 0.614. The molecule has 46 valence electrons. The first kappa shape index (κ1) is 7.01. The molecule has 3 nitrogen and oxygen atoms in total. The van der Waals surface area contributed by atoms with Crippen LogP contribution in [0.4, 0.5) is 0 Å². The Bertz CT molecular complexity index is 83.8. The summed E-state index contributed by atoms with van der Waals surface area (Å²) in [4.78, 5) is 0. The molecule has 0 aliphatic heterocycles. The summed E-state index contributed by atoms with van der Waals surface area (Å²) in [6.45, 7) is 1.92. The Balaban J connectivity index is 3.47. The second-order valence-electron chi connectivity index (χ2n) is 1.32. The summed E-state index contributed by atoms with van der Waals surface area (Å²) in [5.74, 6) is 0.